The Hall–Kier alpha value is -2.89. The molecule has 6 heteroatoms. The zero-order valence-corrected chi connectivity index (χ0v) is 15.1. The molecule has 0 aromatic heterocycles. The molecule has 0 heterocycles. The van der Waals surface area contributed by atoms with Crippen LogP contribution in [0.1, 0.15) is 30.9 Å². The number of methoxy groups -OCH3 is 1. The SMILES string of the molecule is COC(=O)C(Cc1ccc(F)cc1)NC(=O)Nc1ccccc1C(C)C. The molecule has 0 aliphatic heterocycles. The van der Waals surface area contributed by atoms with Crippen LogP contribution in [-0.2, 0) is 16.0 Å². The summed E-state index contributed by atoms with van der Waals surface area (Å²) >= 11 is 0. The summed E-state index contributed by atoms with van der Waals surface area (Å²) in [7, 11) is 1.26. The van der Waals surface area contributed by atoms with Crippen molar-refractivity contribution >= 4 is 17.7 Å². The number of carbonyl (C=O) groups excluding carboxylic acids is 2. The molecule has 2 amide bonds. The molecule has 26 heavy (non-hydrogen) atoms. The fourth-order valence-electron chi connectivity index (χ4n) is 2.62. The van der Waals surface area contributed by atoms with Gasteiger partial charge in [-0.25, -0.2) is 14.0 Å². The van der Waals surface area contributed by atoms with Gasteiger partial charge in [0.05, 0.1) is 7.11 Å². The molecule has 2 aromatic carbocycles. The maximum Gasteiger partial charge on any atom is 0.328 e. The van der Waals surface area contributed by atoms with Gasteiger partial charge in [-0.1, -0.05) is 44.2 Å². The van der Waals surface area contributed by atoms with Crippen molar-refractivity contribution in [2.24, 2.45) is 0 Å². The van der Waals surface area contributed by atoms with Crippen LogP contribution in [0.3, 0.4) is 0 Å². The fourth-order valence-corrected chi connectivity index (χ4v) is 2.62. The summed E-state index contributed by atoms with van der Waals surface area (Å²) in [6.07, 6.45) is 0.201. The lowest BCUT2D eigenvalue weighted by atomic mass is 10.0. The van der Waals surface area contributed by atoms with Gasteiger partial charge in [-0.15, -0.1) is 0 Å². The number of rotatable bonds is 6. The van der Waals surface area contributed by atoms with E-state index in [1.807, 2.05) is 38.1 Å². The van der Waals surface area contributed by atoms with Gasteiger partial charge in [0.25, 0.3) is 0 Å². The zero-order chi connectivity index (χ0) is 19.1. The van der Waals surface area contributed by atoms with Gasteiger partial charge < -0.3 is 15.4 Å². The van der Waals surface area contributed by atoms with Crippen molar-refractivity contribution in [2.75, 3.05) is 12.4 Å². The Balaban J connectivity index is 2.09. The van der Waals surface area contributed by atoms with Crippen LogP contribution in [0.4, 0.5) is 14.9 Å². The maximum atomic E-state index is 13.0. The number of benzene rings is 2. The van der Waals surface area contributed by atoms with Crippen molar-refractivity contribution in [2.45, 2.75) is 32.2 Å². The molecule has 138 valence electrons. The van der Waals surface area contributed by atoms with E-state index in [-0.39, 0.29) is 18.2 Å². The largest absolute Gasteiger partial charge is 0.467 e. The van der Waals surface area contributed by atoms with Crippen molar-refractivity contribution in [3.05, 3.63) is 65.5 Å². The summed E-state index contributed by atoms with van der Waals surface area (Å²) in [4.78, 5) is 24.4. The summed E-state index contributed by atoms with van der Waals surface area (Å²) in [5.41, 5.74) is 2.39. The van der Waals surface area contributed by atoms with E-state index >= 15 is 0 Å². The van der Waals surface area contributed by atoms with Crippen LogP contribution < -0.4 is 10.6 Å². The lowest BCUT2D eigenvalue weighted by molar-refractivity contribution is -0.142. The molecular weight excluding hydrogens is 335 g/mol. The van der Waals surface area contributed by atoms with Crippen molar-refractivity contribution < 1.29 is 18.7 Å². The van der Waals surface area contributed by atoms with Crippen molar-refractivity contribution in [1.29, 1.82) is 0 Å². The number of halogens is 1. The zero-order valence-electron chi connectivity index (χ0n) is 15.1. The first-order chi connectivity index (χ1) is 12.4. The molecule has 5 nitrogen and oxygen atoms in total. The number of ether oxygens (including phenoxy) is 1. The summed E-state index contributed by atoms with van der Waals surface area (Å²) in [6, 6.07) is 11.9. The van der Waals surface area contributed by atoms with Crippen LogP contribution in [0.15, 0.2) is 48.5 Å². The fraction of sp³-hybridized carbons (Fsp3) is 0.300. The average molecular weight is 358 g/mol. The second kappa shape index (κ2) is 8.99. The quantitative estimate of drug-likeness (QED) is 0.771. The Kier molecular flexibility index (Phi) is 6.72. The number of hydrogen-bond donors (Lipinski definition) is 2. The number of para-hydroxylation sites is 1. The number of anilines is 1. The van der Waals surface area contributed by atoms with E-state index in [0.29, 0.717) is 11.3 Å². The molecule has 0 aliphatic carbocycles. The topological polar surface area (TPSA) is 67.4 Å². The summed E-state index contributed by atoms with van der Waals surface area (Å²) in [6.45, 7) is 4.06. The van der Waals surface area contributed by atoms with E-state index in [1.165, 1.54) is 19.2 Å². The molecular formula is C20H23FN2O3. The summed E-state index contributed by atoms with van der Waals surface area (Å²) < 4.78 is 17.8. The van der Waals surface area contributed by atoms with E-state index < -0.39 is 18.0 Å². The van der Waals surface area contributed by atoms with Crippen molar-refractivity contribution in [1.82, 2.24) is 5.32 Å². The summed E-state index contributed by atoms with van der Waals surface area (Å²) in [5, 5.41) is 5.41. The van der Waals surface area contributed by atoms with Crippen LogP contribution in [0.2, 0.25) is 0 Å². The molecule has 0 aliphatic rings. The first-order valence-corrected chi connectivity index (χ1v) is 8.39. The van der Waals surface area contributed by atoms with Gasteiger partial charge in [-0.2, -0.15) is 0 Å². The number of hydrogen-bond acceptors (Lipinski definition) is 3. The molecule has 2 rings (SSSR count). The first kappa shape index (κ1) is 19.4. The van der Waals surface area contributed by atoms with Crippen molar-refractivity contribution in [3.63, 3.8) is 0 Å². The number of nitrogens with one attached hydrogen (secondary N) is 2. The first-order valence-electron chi connectivity index (χ1n) is 8.39. The van der Waals surface area contributed by atoms with Crippen LogP contribution in [0, 0.1) is 5.82 Å². The lowest BCUT2D eigenvalue weighted by Gasteiger charge is -2.19. The van der Waals surface area contributed by atoms with Gasteiger partial charge in [-0.3, -0.25) is 0 Å². The van der Waals surface area contributed by atoms with Gasteiger partial charge in [-0.05, 0) is 35.2 Å². The predicted octanol–water partition coefficient (Wildman–Crippen LogP) is 3.85. The van der Waals surface area contributed by atoms with Crippen LogP contribution in [0.25, 0.3) is 0 Å². The molecule has 1 unspecified atom stereocenters. The second-order valence-corrected chi connectivity index (χ2v) is 6.25. The van der Waals surface area contributed by atoms with E-state index in [0.717, 1.165) is 5.56 Å². The highest BCUT2D eigenvalue weighted by Crippen LogP contribution is 2.23. The number of urea groups is 1. The Morgan fingerprint density at radius 3 is 2.35 bits per heavy atom. The predicted molar refractivity (Wildman–Crippen MR) is 98.6 cm³/mol. The lowest BCUT2D eigenvalue weighted by Crippen LogP contribution is -2.45. The van der Waals surface area contributed by atoms with Gasteiger partial charge in [0.2, 0.25) is 0 Å². The molecule has 0 saturated heterocycles. The molecule has 2 aromatic rings. The minimum atomic E-state index is -0.878. The highest BCUT2D eigenvalue weighted by Gasteiger charge is 2.22. The monoisotopic (exact) mass is 358 g/mol. The average Bonchev–Trinajstić information content (AvgIpc) is 2.62. The van der Waals surface area contributed by atoms with Gasteiger partial charge >= 0.3 is 12.0 Å². The van der Waals surface area contributed by atoms with E-state index in [9.17, 15) is 14.0 Å². The highest BCUT2D eigenvalue weighted by atomic mass is 19.1. The molecule has 2 N–H and O–H groups in total. The van der Waals surface area contributed by atoms with E-state index in [1.54, 1.807) is 12.1 Å². The van der Waals surface area contributed by atoms with Gasteiger partial charge in [0, 0.05) is 12.1 Å². The molecule has 0 fully saturated rings. The van der Waals surface area contributed by atoms with Crippen LogP contribution in [0.5, 0.6) is 0 Å². The van der Waals surface area contributed by atoms with Crippen LogP contribution in [-0.4, -0.2) is 25.2 Å². The molecule has 0 radical (unpaired) electrons. The molecule has 0 bridgehead atoms. The third-order valence-corrected chi connectivity index (χ3v) is 3.98. The third kappa shape index (κ3) is 5.31. The number of carbonyl (C=O) groups is 2. The van der Waals surface area contributed by atoms with E-state index in [4.69, 9.17) is 4.74 Å². The normalized spacial score (nSPS) is 11.7. The van der Waals surface area contributed by atoms with E-state index in [2.05, 4.69) is 10.6 Å². The minimum absolute atomic E-state index is 0.201. The van der Waals surface area contributed by atoms with Gasteiger partial charge in [0.15, 0.2) is 0 Å². The van der Waals surface area contributed by atoms with Crippen LogP contribution >= 0.6 is 0 Å². The smallest absolute Gasteiger partial charge is 0.328 e. The standard InChI is InChI=1S/C20H23FN2O3/c1-13(2)16-6-4-5-7-17(16)22-20(25)23-18(19(24)26-3)12-14-8-10-15(21)11-9-14/h4-11,13,18H,12H2,1-3H3,(H2,22,23,25). The van der Waals surface area contributed by atoms with Gasteiger partial charge in [0.1, 0.15) is 11.9 Å². The maximum absolute atomic E-state index is 13.0. The number of esters is 1. The summed E-state index contributed by atoms with van der Waals surface area (Å²) in [5.74, 6) is -0.692. The minimum Gasteiger partial charge on any atom is -0.467 e. The third-order valence-electron chi connectivity index (χ3n) is 3.98. The Morgan fingerprint density at radius 2 is 1.73 bits per heavy atom. The Bertz CT molecular complexity index is 760. The molecule has 1 atom stereocenters. The number of amides is 2. The highest BCUT2D eigenvalue weighted by molar-refractivity contribution is 5.93. The molecule has 0 spiro atoms. The molecule has 0 saturated carbocycles. The second-order valence-electron chi connectivity index (χ2n) is 6.25. The van der Waals surface area contributed by atoms with Crippen molar-refractivity contribution in [3.8, 4) is 0 Å². The Morgan fingerprint density at radius 1 is 1.08 bits per heavy atom. The Labute approximate surface area is 152 Å².